The van der Waals surface area contributed by atoms with Crippen LogP contribution in [0.3, 0.4) is 0 Å². The Hall–Kier alpha value is -4.42. The van der Waals surface area contributed by atoms with Crippen molar-refractivity contribution in [1.29, 1.82) is 0 Å². The van der Waals surface area contributed by atoms with Gasteiger partial charge >= 0.3 is 0 Å². The minimum atomic E-state index is -0.0670. The zero-order valence-corrected chi connectivity index (χ0v) is 21.5. The number of benzene rings is 4. The number of hydrogen-bond donors (Lipinski definition) is 1. The summed E-state index contributed by atoms with van der Waals surface area (Å²) in [6.07, 6.45) is 2.13. The molecule has 6 nitrogen and oxygen atoms in total. The van der Waals surface area contributed by atoms with Gasteiger partial charge in [-0.05, 0) is 54.1 Å². The maximum Gasteiger partial charge on any atom is 0.241 e. The molecule has 0 aliphatic carbocycles. The lowest BCUT2D eigenvalue weighted by Gasteiger charge is -2.36. The lowest BCUT2D eigenvalue weighted by atomic mass is 10.1. The SMILES string of the molecule is O=C(CCN1CCN(c2ccccc2)CC1)N/N=C\c1ccc(N(c2ccccc2)c2ccccc2)cc1. The monoisotopic (exact) mass is 503 g/mol. The Morgan fingerprint density at radius 3 is 1.82 bits per heavy atom. The number of hydrogen-bond acceptors (Lipinski definition) is 5. The number of nitrogens with one attached hydrogen (secondary N) is 1. The summed E-state index contributed by atoms with van der Waals surface area (Å²) in [5, 5.41) is 4.18. The van der Waals surface area contributed by atoms with Gasteiger partial charge < -0.3 is 9.80 Å². The van der Waals surface area contributed by atoms with E-state index in [0.717, 1.165) is 55.3 Å². The lowest BCUT2D eigenvalue weighted by molar-refractivity contribution is -0.121. The molecule has 1 fully saturated rings. The third-order valence-corrected chi connectivity index (χ3v) is 6.73. The van der Waals surface area contributed by atoms with Gasteiger partial charge in [-0.2, -0.15) is 5.10 Å². The van der Waals surface area contributed by atoms with Gasteiger partial charge in [0.2, 0.25) is 5.91 Å². The number of nitrogens with zero attached hydrogens (tertiary/aromatic N) is 4. The average molecular weight is 504 g/mol. The van der Waals surface area contributed by atoms with E-state index in [1.807, 2.05) is 54.6 Å². The van der Waals surface area contributed by atoms with Gasteiger partial charge in [0.15, 0.2) is 0 Å². The number of piperazine rings is 1. The molecule has 1 heterocycles. The normalized spacial score (nSPS) is 13.9. The number of amides is 1. The van der Waals surface area contributed by atoms with E-state index < -0.39 is 0 Å². The standard InChI is InChI=1S/C32H33N5O/c38-32(20-21-35-22-24-36(25-23-35)28-10-4-1-5-11-28)34-33-26-27-16-18-31(19-17-27)37(29-12-6-2-7-13-29)30-14-8-3-9-15-30/h1-19,26H,20-25H2,(H,34,38)/b33-26-. The van der Waals surface area contributed by atoms with Crippen LogP contribution in [0, 0.1) is 0 Å². The molecule has 1 amide bonds. The van der Waals surface area contributed by atoms with Crippen LogP contribution in [0.1, 0.15) is 12.0 Å². The lowest BCUT2D eigenvalue weighted by Crippen LogP contribution is -2.47. The highest BCUT2D eigenvalue weighted by atomic mass is 16.2. The molecule has 0 aromatic heterocycles. The van der Waals surface area contributed by atoms with Crippen LogP contribution >= 0.6 is 0 Å². The van der Waals surface area contributed by atoms with Crippen LogP contribution in [0.4, 0.5) is 22.7 Å². The molecule has 5 rings (SSSR count). The number of para-hydroxylation sites is 3. The van der Waals surface area contributed by atoms with Gasteiger partial charge in [-0.1, -0.05) is 66.7 Å². The molecule has 1 saturated heterocycles. The summed E-state index contributed by atoms with van der Waals surface area (Å²) in [5.74, 6) is -0.0670. The van der Waals surface area contributed by atoms with E-state index in [4.69, 9.17) is 0 Å². The summed E-state index contributed by atoms with van der Waals surface area (Å²) in [6, 6.07) is 39.2. The molecule has 4 aromatic rings. The number of rotatable bonds is 9. The molecule has 1 aliphatic heterocycles. The molecule has 0 spiro atoms. The van der Waals surface area contributed by atoms with Crippen molar-refractivity contribution in [2.45, 2.75) is 6.42 Å². The second kappa shape index (κ2) is 12.7. The second-order valence-electron chi connectivity index (χ2n) is 9.31. The molecule has 1 aliphatic rings. The van der Waals surface area contributed by atoms with Crippen molar-refractivity contribution in [3.63, 3.8) is 0 Å². The van der Waals surface area contributed by atoms with Crippen LogP contribution in [0.25, 0.3) is 0 Å². The molecule has 0 unspecified atom stereocenters. The Labute approximate surface area is 224 Å². The van der Waals surface area contributed by atoms with Crippen LogP contribution in [0.5, 0.6) is 0 Å². The smallest absolute Gasteiger partial charge is 0.241 e. The molecular formula is C32H33N5O. The summed E-state index contributed by atoms with van der Waals surface area (Å²) in [6.45, 7) is 4.62. The molecule has 0 atom stereocenters. The molecule has 0 saturated carbocycles. The van der Waals surface area contributed by atoms with E-state index in [1.165, 1.54) is 5.69 Å². The van der Waals surface area contributed by atoms with Gasteiger partial charge in [0.05, 0.1) is 6.21 Å². The summed E-state index contributed by atoms with van der Waals surface area (Å²) in [4.78, 5) is 19.3. The highest BCUT2D eigenvalue weighted by Crippen LogP contribution is 2.33. The fourth-order valence-corrected chi connectivity index (χ4v) is 4.67. The summed E-state index contributed by atoms with van der Waals surface area (Å²) in [7, 11) is 0. The van der Waals surface area contributed by atoms with E-state index in [1.54, 1.807) is 6.21 Å². The average Bonchev–Trinajstić information content (AvgIpc) is 2.99. The molecule has 6 heteroatoms. The zero-order chi connectivity index (χ0) is 26.0. The van der Waals surface area contributed by atoms with E-state index >= 15 is 0 Å². The zero-order valence-electron chi connectivity index (χ0n) is 21.5. The molecule has 1 N–H and O–H groups in total. The van der Waals surface area contributed by atoms with Crippen molar-refractivity contribution >= 4 is 34.9 Å². The molecule has 192 valence electrons. The van der Waals surface area contributed by atoms with Crippen LogP contribution in [-0.2, 0) is 4.79 Å². The minimum Gasteiger partial charge on any atom is -0.369 e. The van der Waals surface area contributed by atoms with Gasteiger partial charge in [-0.3, -0.25) is 9.69 Å². The van der Waals surface area contributed by atoms with E-state index in [0.29, 0.717) is 6.42 Å². The summed E-state index contributed by atoms with van der Waals surface area (Å²) < 4.78 is 0. The third-order valence-electron chi connectivity index (χ3n) is 6.73. The molecular weight excluding hydrogens is 470 g/mol. The fourth-order valence-electron chi connectivity index (χ4n) is 4.67. The first kappa shape index (κ1) is 25.2. The number of anilines is 4. The Kier molecular flexibility index (Phi) is 8.44. The first-order valence-corrected chi connectivity index (χ1v) is 13.1. The van der Waals surface area contributed by atoms with E-state index in [9.17, 15) is 4.79 Å². The van der Waals surface area contributed by atoms with E-state index in [-0.39, 0.29) is 5.91 Å². The highest BCUT2D eigenvalue weighted by molar-refractivity contribution is 5.84. The first-order valence-electron chi connectivity index (χ1n) is 13.1. The van der Waals surface area contributed by atoms with Crippen molar-refractivity contribution in [2.75, 3.05) is 42.5 Å². The minimum absolute atomic E-state index is 0.0670. The van der Waals surface area contributed by atoms with Gasteiger partial charge in [-0.25, -0.2) is 5.43 Å². The Morgan fingerprint density at radius 1 is 0.711 bits per heavy atom. The molecule has 4 aromatic carbocycles. The third kappa shape index (κ3) is 6.66. The van der Waals surface area contributed by atoms with Crippen molar-refractivity contribution in [2.24, 2.45) is 5.10 Å². The Balaban J connectivity index is 1.11. The number of carbonyl (C=O) groups excluding carboxylic acids is 1. The van der Waals surface area contributed by atoms with Crippen molar-refractivity contribution < 1.29 is 4.79 Å². The predicted molar refractivity (Wildman–Crippen MR) is 157 cm³/mol. The maximum atomic E-state index is 12.4. The van der Waals surface area contributed by atoms with Gasteiger partial charge in [0.25, 0.3) is 0 Å². The number of hydrazone groups is 1. The molecule has 38 heavy (non-hydrogen) atoms. The fraction of sp³-hybridized carbons (Fsp3) is 0.188. The van der Waals surface area contributed by atoms with Crippen molar-refractivity contribution in [3.05, 3.63) is 121 Å². The van der Waals surface area contributed by atoms with E-state index in [2.05, 4.69) is 85.9 Å². The molecule has 0 radical (unpaired) electrons. The van der Waals surface area contributed by atoms with Crippen molar-refractivity contribution in [3.8, 4) is 0 Å². The van der Waals surface area contributed by atoms with Gasteiger partial charge in [0.1, 0.15) is 0 Å². The van der Waals surface area contributed by atoms with Crippen LogP contribution < -0.4 is 15.2 Å². The van der Waals surface area contributed by atoms with Crippen LogP contribution in [-0.4, -0.2) is 49.7 Å². The topological polar surface area (TPSA) is 51.2 Å². The summed E-state index contributed by atoms with van der Waals surface area (Å²) >= 11 is 0. The van der Waals surface area contributed by atoms with Gasteiger partial charge in [-0.15, -0.1) is 0 Å². The largest absolute Gasteiger partial charge is 0.369 e. The summed E-state index contributed by atoms with van der Waals surface area (Å²) in [5.41, 5.74) is 8.10. The molecule has 0 bridgehead atoms. The Bertz CT molecular complexity index is 1260. The van der Waals surface area contributed by atoms with Crippen LogP contribution in [0.15, 0.2) is 120 Å². The quantitative estimate of drug-likeness (QED) is 0.231. The highest BCUT2D eigenvalue weighted by Gasteiger charge is 2.17. The first-order chi connectivity index (χ1) is 18.8. The number of carbonyl (C=O) groups is 1. The second-order valence-corrected chi connectivity index (χ2v) is 9.31. The van der Waals surface area contributed by atoms with Crippen LogP contribution in [0.2, 0.25) is 0 Å². The Morgan fingerprint density at radius 2 is 1.24 bits per heavy atom. The van der Waals surface area contributed by atoms with Crippen molar-refractivity contribution in [1.82, 2.24) is 10.3 Å². The van der Waals surface area contributed by atoms with Gasteiger partial charge in [0, 0.05) is 61.9 Å². The predicted octanol–water partition coefficient (Wildman–Crippen LogP) is 5.82. The maximum absolute atomic E-state index is 12.4.